The Morgan fingerprint density at radius 2 is 1.81 bits per heavy atom. The summed E-state index contributed by atoms with van der Waals surface area (Å²) in [6.07, 6.45) is -2.02. The van der Waals surface area contributed by atoms with E-state index in [0.717, 1.165) is 17.1 Å². The number of pyridine rings is 2. The van der Waals surface area contributed by atoms with Crippen molar-refractivity contribution < 1.29 is 17.9 Å². The number of ether oxygens (including phenoxy) is 1. The number of fused-ring (bicyclic) bond motifs is 1. The van der Waals surface area contributed by atoms with Gasteiger partial charge < -0.3 is 15.0 Å². The number of para-hydroxylation sites is 2. The standard InChI is InChI=1S/C18H12F3N5O/c19-18(20,21)12-4-3-9-22-16(12)27-11-7-8-15(23-10-11)26-17-24-13-5-1-2-6-14(13)25-17/h1-10H,(H2,23,24,25,26). The fraction of sp³-hybridized carbons (Fsp3) is 0.0556. The van der Waals surface area contributed by atoms with Gasteiger partial charge in [0.2, 0.25) is 11.8 Å². The smallest absolute Gasteiger partial charge is 0.421 e. The van der Waals surface area contributed by atoms with Crippen LogP contribution in [0.25, 0.3) is 11.0 Å². The third-order valence-corrected chi connectivity index (χ3v) is 3.66. The first-order chi connectivity index (χ1) is 13.0. The van der Waals surface area contributed by atoms with Crippen molar-refractivity contribution in [2.75, 3.05) is 5.32 Å². The Labute approximate surface area is 151 Å². The van der Waals surface area contributed by atoms with Crippen LogP contribution in [0.4, 0.5) is 24.9 Å². The number of nitrogens with one attached hydrogen (secondary N) is 2. The second-order valence-corrected chi connectivity index (χ2v) is 5.56. The molecule has 136 valence electrons. The number of rotatable bonds is 4. The third kappa shape index (κ3) is 3.66. The van der Waals surface area contributed by atoms with Crippen LogP contribution in [0, 0.1) is 0 Å². The number of anilines is 2. The summed E-state index contributed by atoms with van der Waals surface area (Å²) in [6.45, 7) is 0. The molecule has 0 amide bonds. The lowest BCUT2D eigenvalue weighted by Gasteiger charge is -2.12. The van der Waals surface area contributed by atoms with E-state index in [2.05, 4.69) is 25.3 Å². The Balaban J connectivity index is 1.51. The summed E-state index contributed by atoms with van der Waals surface area (Å²) in [7, 11) is 0. The van der Waals surface area contributed by atoms with Crippen LogP contribution in [0.3, 0.4) is 0 Å². The first-order valence-corrected chi connectivity index (χ1v) is 7.87. The van der Waals surface area contributed by atoms with Crippen molar-refractivity contribution in [3.63, 3.8) is 0 Å². The first kappa shape index (κ1) is 16.8. The van der Waals surface area contributed by atoms with Gasteiger partial charge in [-0.25, -0.2) is 15.0 Å². The van der Waals surface area contributed by atoms with E-state index in [4.69, 9.17) is 4.74 Å². The number of halogens is 3. The van der Waals surface area contributed by atoms with Crippen LogP contribution in [0.15, 0.2) is 60.9 Å². The lowest BCUT2D eigenvalue weighted by molar-refractivity contribution is -0.138. The summed E-state index contributed by atoms with van der Waals surface area (Å²) < 4.78 is 44.2. The van der Waals surface area contributed by atoms with Crippen LogP contribution in [0.1, 0.15) is 5.56 Å². The minimum atomic E-state index is -4.56. The molecule has 4 rings (SSSR count). The molecule has 0 aliphatic carbocycles. The highest BCUT2D eigenvalue weighted by atomic mass is 19.4. The van der Waals surface area contributed by atoms with Crippen molar-refractivity contribution in [3.05, 3.63) is 66.5 Å². The molecule has 27 heavy (non-hydrogen) atoms. The van der Waals surface area contributed by atoms with Crippen LogP contribution in [0.2, 0.25) is 0 Å². The zero-order valence-corrected chi connectivity index (χ0v) is 13.7. The maximum atomic E-state index is 13.0. The molecule has 0 radical (unpaired) electrons. The van der Waals surface area contributed by atoms with Crippen LogP contribution >= 0.6 is 0 Å². The lowest BCUT2D eigenvalue weighted by atomic mass is 10.2. The van der Waals surface area contributed by atoms with Gasteiger partial charge >= 0.3 is 6.18 Å². The van der Waals surface area contributed by atoms with Crippen LogP contribution < -0.4 is 10.1 Å². The molecule has 1 aromatic carbocycles. The van der Waals surface area contributed by atoms with Crippen LogP contribution in [-0.2, 0) is 6.18 Å². The minimum absolute atomic E-state index is 0.134. The van der Waals surface area contributed by atoms with E-state index in [1.807, 2.05) is 24.3 Å². The van der Waals surface area contributed by atoms with E-state index in [9.17, 15) is 13.2 Å². The van der Waals surface area contributed by atoms with Gasteiger partial charge in [-0.1, -0.05) is 12.1 Å². The second-order valence-electron chi connectivity index (χ2n) is 5.56. The highest BCUT2D eigenvalue weighted by Gasteiger charge is 2.35. The van der Waals surface area contributed by atoms with Gasteiger partial charge in [0.25, 0.3) is 0 Å². The average Bonchev–Trinajstić information content (AvgIpc) is 3.05. The molecular formula is C18H12F3N5O. The summed E-state index contributed by atoms with van der Waals surface area (Å²) in [6, 6.07) is 12.7. The van der Waals surface area contributed by atoms with E-state index in [0.29, 0.717) is 11.8 Å². The fourth-order valence-electron chi connectivity index (χ4n) is 2.45. The molecule has 0 spiro atoms. The van der Waals surface area contributed by atoms with E-state index < -0.39 is 17.6 Å². The van der Waals surface area contributed by atoms with E-state index in [1.165, 1.54) is 24.5 Å². The van der Waals surface area contributed by atoms with Gasteiger partial charge in [0, 0.05) is 6.20 Å². The van der Waals surface area contributed by atoms with E-state index in [-0.39, 0.29) is 5.75 Å². The van der Waals surface area contributed by atoms with Crippen molar-refractivity contribution in [2.45, 2.75) is 6.18 Å². The maximum absolute atomic E-state index is 13.0. The molecule has 0 aliphatic rings. The summed E-state index contributed by atoms with van der Waals surface area (Å²) >= 11 is 0. The number of benzene rings is 1. The van der Waals surface area contributed by atoms with Gasteiger partial charge in [0.1, 0.15) is 17.1 Å². The Hall–Kier alpha value is -3.62. The number of imidazole rings is 1. The number of H-pyrrole nitrogens is 1. The normalized spacial score (nSPS) is 11.5. The predicted molar refractivity (Wildman–Crippen MR) is 92.9 cm³/mol. The largest absolute Gasteiger partial charge is 0.437 e. The zero-order valence-electron chi connectivity index (χ0n) is 13.7. The first-order valence-electron chi connectivity index (χ1n) is 7.87. The molecule has 6 nitrogen and oxygen atoms in total. The molecule has 0 unspecified atom stereocenters. The van der Waals surface area contributed by atoms with Crippen molar-refractivity contribution in [1.82, 2.24) is 19.9 Å². The highest BCUT2D eigenvalue weighted by Crippen LogP contribution is 2.36. The van der Waals surface area contributed by atoms with Gasteiger partial charge in [0.15, 0.2) is 0 Å². The number of nitrogens with zero attached hydrogens (tertiary/aromatic N) is 3. The zero-order chi connectivity index (χ0) is 18.9. The molecule has 3 aromatic heterocycles. The van der Waals surface area contributed by atoms with Gasteiger partial charge in [-0.2, -0.15) is 13.2 Å². The molecule has 2 N–H and O–H groups in total. The maximum Gasteiger partial charge on any atom is 0.421 e. The van der Waals surface area contributed by atoms with E-state index >= 15 is 0 Å². The Morgan fingerprint density at radius 1 is 0.963 bits per heavy atom. The molecule has 0 fully saturated rings. The fourth-order valence-corrected chi connectivity index (χ4v) is 2.45. The Bertz CT molecular complexity index is 1040. The molecule has 9 heteroatoms. The molecule has 3 heterocycles. The predicted octanol–water partition coefficient (Wildman–Crippen LogP) is 4.91. The number of alkyl halides is 3. The van der Waals surface area contributed by atoms with Crippen molar-refractivity contribution in [2.24, 2.45) is 0 Å². The molecule has 0 atom stereocenters. The van der Waals surface area contributed by atoms with Gasteiger partial charge in [-0.05, 0) is 36.4 Å². The monoisotopic (exact) mass is 371 g/mol. The highest BCUT2D eigenvalue weighted by molar-refractivity contribution is 5.77. The van der Waals surface area contributed by atoms with Crippen LogP contribution in [-0.4, -0.2) is 19.9 Å². The van der Waals surface area contributed by atoms with Crippen molar-refractivity contribution in [3.8, 4) is 11.6 Å². The van der Waals surface area contributed by atoms with Gasteiger partial charge in [-0.3, -0.25) is 0 Å². The molecule has 0 saturated carbocycles. The summed E-state index contributed by atoms with van der Waals surface area (Å²) in [5.41, 5.74) is 0.721. The summed E-state index contributed by atoms with van der Waals surface area (Å²) in [5, 5.41) is 2.99. The molecule has 0 bridgehead atoms. The number of aromatic amines is 1. The topological polar surface area (TPSA) is 75.7 Å². The Morgan fingerprint density at radius 3 is 2.56 bits per heavy atom. The molecule has 0 saturated heterocycles. The molecular weight excluding hydrogens is 359 g/mol. The average molecular weight is 371 g/mol. The number of aromatic nitrogens is 4. The second kappa shape index (κ2) is 6.60. The number of hydrogen-bond donors (Lipinski definition) is 2. The molecule has 4 aromatic rings. The summed E-state index contributed by atoms with van der Waals surface area (Å²) in [5.74, 6) is 0.569. The van der Waals surface area contributed by atoms with Crippen molar-refractivity contribution >= 4 is 22.8 Å². The SMILES string of the molecule is FC(F)(F)c1cccnc1Oc1ccc(Nc2nc3ccccc3[nH]2)nc1. The van der Waals surface area contributed by atoms with Crippen LogP contribution in [0.5, 0.6) is 11.6 Å². The quantitative estimate of drug-likeness (QED) is 0.533. The van der Waals surface area contributed by atoms with E-state index in [1.54, 1.807) is 6.07 Å². The third-order valence-electron chi connectivity index (χ3n) is 3.66. The number of hydrogen-bond acceptors (Lipinski definition) is 5. The lowest BCUT2D eigenvalue weighted by Crippen LogP contribution is -2.08. The molecule has 0 aliphatic heterocycles. The van der Waals surface area contributed by atoms with Gasteiger partial charge in [0.05, 0.1) is 17.2 Å². The van der Waals surface area contributed by atoms with Gasteiger partial charge in [-0.15, -0.1) is 0 Å². The summed E-state index contributed by atoms with van der Waals surface area (Å²) in [4.78, 5) is 15.2. The van der Waals surface area contributed by atoms with Crippen molar-refractivity contribution in [1.29, 1.82) is 0 Å². The Kier molecular flexibility index (Phi) is 4.11. The minimum Gasteiger partial charge on any atom is -0.437 e.